The van der Waals surface area contributed by atoms with Gasteiger partial charge >= 0.3 is 0 Å². The maximum absolute atomic E-state index is 11.9. The van der Waals surface area contributed by atoms with E-state index in [1.807, 2.05) is 6.92 Å². The lowest BCUT2D eigenvalue weighted by Gasteiger charge is -2.05. The molecular weight excluding hydrogens is 292 g/mol. The number of rotatable bonds is 5. The zero-order chi connectivity index (χ0) is 15.5. The molecule has 0 atom stereocenters. The quantitative estimate of drug-likeness (QED) is 0.837. The smallest absolute Gasteiger partial charge is 0.254 e. The van der Waals surface area contributed by atoms with E-state index in [1.54, 1.807) is 23.0 Å². The summed E-state index contributed by atoms with van der Waals surface area (Å²) in [5.74, 6) is -0.231. The molecule has 0 radical (unpaired) electrons. The minimum atomic E-state index is -3.69. The van der Waals surface area contributed by atoms with Gasteiger partial charge in [-0.2, -0.15) is 5.10 Å². The number of nitrogens with one attached hydrogen (secondary N) is 1. The van der Waals surface area contributed by atoms with E-state index in [1.165, 1.54) is 18.3 Å². The first-order valence-electron chi connectivity index (χ1n) is 6.32. The summed E-state index contributed by atoms with van der Waals surface area (Å²) >= 11 is 0. The second kappa shape index (κ2) is 6.06. The molecule has 0 saturated heterocycles. The van der Waals surface area contributed by atoms with E-state index in [2.05, 4.69) is 10.4 Å². The molecule has 7 nitrogen and oxygen atoms in total. The van der Waals surface area contributed by atoms with Crippen molar-refractivity contribution in [1.29, 1.82) is 0 Å². The van der Waals surface area contributed by atoms with Gasteiger partial charge in [-0.3, -0.25) is 9.48 Å². The van der Waals surface area contributed by atoms with Crippen molar-refractivity contribution in [3.63, 3.8) is 0 Å². The van der Waals surface area contributed by atoms with Gasteiger partial charge in [-0.05, 0) is 24.6 Å². The predicted molar refractivity (Wildman–Crippen MR) is 76.9 cm³/mol. The topological polar surface area (TPSA) is 107 Å². The highest BCUT2D eigenvalue weighted by molar-refractivity contribution is 7.89. The Morgan fingerprint density at radius 3 is 2.52 bits per heavy atom. The first-order valence-corrected chi connectivity index (χ1v) is 7.87. The zero-order valence-corrected chi connectivity index (χ0v) is 12.3. The molecule has 0 aliphatic carbocycles. The van der Waals surface area contributed by atoms with Crippen LogP contribution in [0.2, 0.25) is 0 Å². The van der Waals surface area contributed by atoms with Crippen LogP contribution in [0.1, 0.15) is 22.8 Å². The fraction of sp³-hybridized carbons (Fsp3) is 0.231. The largest absolute Gasteiger partial charge is 0.348 e. The number of aryl methyl sites for hydroxylation is 1. The predicted octanol–water partition coefficient (Wildman–Crippen LogP) is 0.480. The SMILES string of the molecule is CCn1cc(C(=O)NCc2ccc(S(N)(=O)=O)cc2)cn1. The molecule has 0 fully saturated rings. The summed E-state index contributed by atoms with van der Waals surface area (Å²) in [6, 6.07) is 6.03. The molecule has 0 saturated carbocycles. The number of benzene rings is 1. The van der Waals surface area contributed by atoms with Crippen LogP contribution < -0.4 is 10.5 Å². The number of nitrogens with two attached hydrogens (primary N) is 1. The number of carbonyl (C=O) groups is 1. The monoisotopic (exact) mass is 308 g/mol. The molecule has 1 amide bonds. The molecule has 0 bridgehead atoms. The van der Waals surface area contributed by atoms with Gasteiger partial charge in [0.05, 0.1) is 16.7 Å². The second-order valence-corrected chi connectivity index (χ2v) is 6.02. The number of amides is 1. The van der Waals surface area contributed by atoms with Gasteiger partial charge < -0.3 is 5.32 Å². The fourth-order valence-corrected chi connectivity index (χ4v) is 2.25. The first kappa shape index (κ1) is 15.2. The Hall–Kier alpha value is -2.19. The van der Waals surface area contributed by atoms with Crippen LogP contribution in [0.4, 0.5) is 0 Å². The summed E-state index contributed by atoms with van der Waals surface area (Å²) in [4.78, 5) is 11.9. The molecule has 8 heteroatoms. The lowest BCUT2D eigenvalue weighted by molar-refractivity contribution is 0.0951. The molecule has 1 heterocycles. The van der Waals surface area contributed by atoms with E-state index in [-0.39, 0.29) is 10.8 Å². The normalized spacial score (nSPS) is 11.3. The van der Waals surface area contributed by atoms with Crippen LogP contribution in [0.5, 0.6) is 0 Å². The molecule has 112 valence electrons. The van der Waals surface area contributed by atoms with Gasteiger partial charge in [-0.1, -0.05) is 12.1 Å². The van der Waals surface area contributed by atoms with E-state index in [0.29, 0.717) is 18.7 Å². The highest BCUT2D eigenvalue weighted by atomic mass is 32.2. The number of hydrogen-bond acceptors (Lipinski definition) is 4. The molecule has 0 aliphatic rings. The minimum Gasteiger partial charge on any atom is -0.348 e. The van der Waals surface area contributed by atoms with Crippen LogP contribution in [0, 0.1) is 0 Å². The van der Waals surface area contributed by atoms with E-state index in [4.69, 9.17) is 5.14 Å². The van der Waals surface area contributed by atoms with Gasteiger partial charge in [-0.15, -0.1) is 0 Å². The van der Waals surface area contributed by atoms with E-state index in [9.17, 15) is 13.2 Å². The summed E-state index contributed by atoms with van der Waals surface area (Å²) in [6.07, 6.45) is 3.17. The van der Waals surface area contributed by atoms with Crippen molar-refractivity contribution in [1.82, 2.24) is 15.1 Å². The highest BCUT2D eigenvalue weighted by Gasteiger charge is 2.09. The van der Waals surface area contributed by atoms with Crippen LogP contribution in [0.3, 0.4) is 0 Å². The standard InChI is InChI=1S/C13H16N4O3S/c1-2-17-9-11(8-16-17)13(18)15-7-10-3-5-12(6-4-10)21(14,19)20/h3-6,8-9H,2,7H2,1H3,(H,15,18)(H2,14,19,20). The average Bonchev–Trinajstić information content (AvgIpc) is 2.93. The number of primary sulfonamides is 1. The summed E-state index contributed by atoms with van der Waals surface area (Å²) in [6.45, 7) is 2.92. The third kappa shape index (κ3) is 3.89. The van der Waals surface area contributed by atoms with Crippen molar-refractivity contribution in [2.45, 2.75) is 24.9 Å². The Labute approximate surface area is 122 Å². The average molecular weight is 308 g/mol. The lowest BCUT2D eigenvalue weighted by atomic mass is 10.2. The van der Waals surface area contributed by atoms with Crippen LogP contribution in [-0.2, 0) is 23.1 Å². The maximum Gasteiger partial charge on any atom is 0.254 e. The van der Waals surface area contributed by atoms with Gasteiger partial charge in [0, 0.05) is 19.3 Å². The Kier molecular flexibility index (Phi) is 4.39. The van der Waals surface area contributed by atoms with Crippen molar-refractivity contribution in [3.05, 3.63) is 47.8 Å². The van der Waals surface area contributed by atoms with Gasteiger partial charge in [0.1, 0.15) is 0 Å². The first-order chi connectivity index (χ1) is 9.90. The number of hydrogen-bond donors (Lipinski definition) is 2. The van der Waals surface area contributed by atoms with Crippen LogP contribution in [0.25, 0.3) is 0 Å². The maximum atomic E-state index is 11.9. The molecule has 1 aromatic carbocycles. The van der Waals surface area contributed by atoms with Gasteiger partial charge in [-0.25, -0.2) is 13.6 Å². The number of nitrogens with zero attached hydrogens (tertiary/aromatic N) is 2. The molecule has 21 heavy (non-hydrogen) atoms. The molecule has 1 aromatic heterocycles. The van der Waals surface area contributed by atoms with Crippen LogP contribution in [-0.4, -0.2) is 24.1 Å². The van der Waals surface area contributed by atoms with E-state index < -0.39 is 10.0 Å². The Morgan fingerprint density at radius 2 is 2.00 bits per heavy atom. The minimum absolute atomic E-state index is 0.0433. The number of sulfonamides is 1. The molecule has 0 aliphatic heterocycles. The van der Waals surface area contributed by atoms with Crippen molar-refractivity contribution >= 4 is 15.9 Å². The molecular formula is C13H16N4O3S. The Balaban J connectivity index is 1.98. The number of carbonyl (C=O) groups excluding carboxylic acids is 1. The van der Waals surface area contributed by atoms with Crippen molar-refractivity contribution in [2.75, 3.05) is 0 Å². The van der Waals surface area contributed by atoms with Crippen LogP contribution >= 0.6 is 0 Å². The zero-order valence-electron chi connectivity index (χ0n) is 11.5. The summed E-state index contributed by atoms with van der Waals surface area (Å²) in [5, 5.41) is 11.8. The Morgan fingerprint density at radius 1 is 1.33 bits per heavy atom. The molecule has 0 unspecified atom stereocenters. The highest BCUT2D eigenvalue weighted by Crippen LogP contribution is 2.08. The molecule has 0 spiro atoms. The third-order valence-corrected chi connectivity index (χ3v) is 3.85. The third-order valence-electron chi connectivity index (χ3n) is 2.92. The van der Waals surface area contributed by atoms with Crippen molar-refractivity contribution in [3.8, 4) is 0 Å². The van der Waals surface area contributed by atoms with Crippen molar-refractivity contribution < 1.29 is 13.2 Å². The number of aromatic nitrogens is 2. The summed E-state index contributed by atoms with van der Waals surface area (Å²) in [7, 11) is -3.69. The van der Waals surface area contributed by atoms with E-state index >= 15 is 0 Å². The van der Waals surface area contributed by atoms with Gasteiger partial charge in [0.25, 0.3) is 5.91 Å². The fourth-order valence-electron chi connectivity index (χ4n) is 1.74. The Bertz CT molecular complexity index is 735. The van der Waals surface area contributed by atoms with Gasteiger partial charge in [0.2, 0.25) is 10.0 Å². The van der Waals surface area contributed by atoms with Crippen molar-refractivity contribution in [2.24, 2.45) is 5.14 Å². The van der Waals surface area contributed by atoms with E-state index in [0.717, 1.165) is 5.56 Å². The molecule has 2 aromatic rings. The lowest BCUT2D eigenvalue weighted by Crippen LogP contribution is -2.22. The van der Waals surface area contributed by atoms with Gasteiger partial charge in [0.15, 0.2) is 0 Å². The molecule has 2 rings (SSSR count). The second-order valence-electron chi connectivity index (χ2n) is 4.46. The summed E-state index contributed by atoms with van der Waals surface area (Å²) < 4.78 is 23.9. The van der Waals surface area contributed by atoms with Crippen LogP contribution in [0.15, 0.2) is 41.6 Å². The summed E-state index contributed by atoms with van der Waals surface area (Å²) in [5.41, 5.74) is 1.26. The molecule has 3 N–H and O–H groups in total.